The lowest BCUT2D eigenvalue weighted by molar-refractivity contribution is 0.0512. The Hall–Kier alpha value is -2.86. The van der Waals surface area contributed by atoms with Crippen molar-refractivity contribution in [2.75, 3.05) is 13.2 Å². The molecule has 1 aromatic heterocycles. The highest BCUT2D eigenvalue weighted by atomic mass is 35.5. The number of hydrogen-bond acceptors (Lipinski definition) is 4. The summed E-state index contributed by atoms with van der Waals surface area (Å²) >= 11 is 5.93. The van der Waals surface area contributed by atoms with E-state index in [1.165, 1.54) is 4.90 Å². The lowest BCUT2D eigenvalue weighted by Gasteiger charge is -2.27. The molecule has 1 amide bonds. The number of ether oxygens (including phenoxy) is 1. The zero-order chi connectivity index (χ0) is 23.3. The van der Waals surface area contributed by atoms with Crippen molar-refractivity contribution in [2.24, 2.45) is 0 Å². The Bertz CT molecular complexity index is 992. The van der Waals surface area contributed by atoms with Gasteiger partial charge in [-0.1, -0.05) is 17.7 Å². The number of hydrogen-bond donors (Lipinski definition) is 0. The van der Waals surface area contributed by atoms with E-state index in [0.29, 0.717) is 39.6 Å². The molecule has 0 aliphatic heterocycles. The van der Waals surface area contributed by atoms with E-state index in [0.717, 1.165) is 0 Å². The van der Waals surface area contributed by atoms with Gasteiger partial charge in [-0.15, -0.1) is 6.58 Å². The largest absolute Gasteiger partial charge is 0.461 e. The van der Waals surface area contributed by atoms with Crippen LogP contribution in [0, 0.1) is 13.8 Å². The second-order valence-electron chi connectivity index (χ2n) is 7.19. The van der Waals surface area contributed by atoms with Crippen LogP contribution in [0.3, 0.4) is 0 Å². The summed E-state index contributed by atoms with van der Waals surface area (Å²) in [6.45, 7) is 13.6. The van der Waals surface area contributed by atoms with Crippen molar-refractivity contribution >= 4 is 29.3 Å². The molecule has 0 saturated heterocycles. The maximum atomic E-state index is 13.5. The number of carbonyl (C=O) groups is 3. The molecule has 7 heteroatoms. The van der Waals surface area contributed by atoms with Crippen molar-refractivity contribution in [2.45, 2.75) is 47.2 Å². The number of nitrogens with zero attached hydrogens (tertiary/aromatic N) is 2. The maximum absolute atomic E-state index is 13.5. The standard InChI is InChI=1S/C24H29ClN2O4/c1-7-14-27(23(29)18-10-12-19(25)13-11-18)17(6)22(28)20-15(4)21(24(30)31-9-3)26(8-2)16(20)5/h7,10-13,17H,1,8-9,14H2,2-6H3/t17-/m1/s1. The molecular weight excluding hydrogens is 416 g/mol. The highest BCUT2D eigenvalue weighted by Gasteiger charge is 2.32. The number of amides is 1. The van der Waals surface area contributed by atoms with Gasteiger partial charge < -0.3 is 14.2 Å². The first-order valence-corrected chi connectivity index (χ1v) is 10.7. The van der Waals surface area contributed by atoms with Gasteiger partial charge in [0.25, 0.3) is 5.91 Å². The minimum absolute atomic E-state index is 0.200. The van der Waals surface area contributed by atoms with Crippen LogP contribution >= 0.6 is 11.6 Å². The molecule has 0 bridgehead atoms. The second kappa shape index (κ2) is 10.4. The minimum Gasteiger partial charge on any atom is -0.461 e. The van der Waals surface area contributed by atoms with Gasteiger partial charge in [0, 0.05) is 34.9 Å². The molecule has 0 unspecified atom stereocenters. The topological polar surface area (TPSA) is 68.6 Å². The van der Waals surface area contributed by atoms with Gasteiger partial charge in [0.1, 0.15) is 5.69 Å². The highest BCUT2D eigenvalue weighted by molar-refractivity contribution is 6.30. The van der Waals surface area contributed by atoms with Gasteiger partial charge in [-0.25, -0.2) is 4.79 Å². The number of carbonyl (C=O) groups excluding carboxylic acids is 3. The minimum atomic E-state index is -0.763. The van der Waals surface area contributed by atoms with E-state index in [-0.39, 0.29) is 24.8 Å². The number of Topliss-reactive ketones (excluding diaryl/α,β-unsaturated/α-hetero) is 1. The predicted octanol–water partition coefficient (Wildman–Crippen LogP) is 4.85. The zero-order valence-electron chi connectivity index (χ0n) is 18.7. The van der Waals surface area contributed by atoms with Crippen molar-refractivity contribution in [1.29, 1.82) is 0 Å². The van der Waals surface area contributed by atoms with E-state index >= 15 is 0 Å². The molecule has 31 heavy (non-hydrogen) atoms. The smallest absolute Gasteiger partial charge is 0.355 e. The Morgan fingerprint density at radius 1 is 1.19 bits per heavy atom. The van der Waals surface area contributed by atoms with Gasteiger partial charge in [0.05, 0.1) is 12.6 Å². The van der Waals surface area contributed by atoms with Gasteiger partial charge in [-0.3, -0.25) is 9.59 Å². The van der Waals surface area contributed by atoms with E-state index in [4.69, 9.17) is 16.3 Å². The molecule has 0 aliphatic rings. The summed E-state index contributed by atoms with van der Waals surface area (Å²) in [5.41, 5.74) is 2.48. The third-order valence-electron chi connectivity index (χ3n) is 5.32. The molecule has 1 aromatic carbocycles. The van der Waals surface area contributed by atoms with Gasteiger partial charge in [0.2, 0.25) is 0 Å². The first-order valence-electron chi connectivity index (χ1n) is 10.3. The Labute approximate surface area is 188 Å². The van der Waals surface area contributed by atoms with Crippen LogP contribution in [-0.4, -0.2) is 46.3 Å². The summed E-state index contributed by atoms with van der Waals surface area (Å²) < 4.78 is 6.98. The van der Waals surface area contributed by atoms with Gasteiger partial charge in [0.15, 0.2) is 5.78 Å². The lowest BCUT2D eigenvalue weighted by atomic mass is 9.99. The van der Waals surface area contributed by atoms with E-state index in [1.54, 1.807) is 62.6 Å². The van der Waals surface area contributed by atoms with Crippen molar-refractivity contribution in [3.8, 4) is 0 Å². The number of ketones is 1. The molecule has 0 saturated carbocycles. The summed E-state index contributed by atoms with van der Waals surface area (Å²) in [6, 6.07) is 5.76. The predicted molar refractivity (Wildman–Crippen MR) is 122 cm³/mol. The molecule has 0 radical (unpaired) electrons. The third kappa shape index (κ3) is 4.90. The Balaban J connectivity index is 2.48. The third-order valence-corrected chi connectivity index (χ3v) is 5.57. The summed E-state index contributed by atoms with van der Waals surface area (Å²) in [5.74, 6) is -0.998. The van der Waals surface area contributed by atoms with Crippen molar-refractivity contribution in [3.63, 3.8) is 0 Å². The quantitative estimate of drug-likeness (QED) is 0.315. The molecule has 0 fully saturated rings. The van der Waals surface area contributed by atoms with Crippen LogP contribution in [0.1, 0.15) is 63.2 Å². The summed E-state index contributed by atoms with van der Waals surface area (Å²) in [4.78, 5) is 40.6. The highest BCUT2D eigenvalue weighted by Crippen LogP contribution is 2.26. The first kappa shape index (κ1) is 24.4. The molecule has 166 valence electrons. The van der Waals surface area contributed by atoms with Crippen LogP contribution in [0.25, 0.3) is 0 Å². The number of rotatable bonds is 9. The fourth-order valence-electron chi connectivity index (χ4n) is 3.78. The van der Waals surface area contributed by atoms with Crippen LogP contribution in [0.2, 0.25) is 5.02 Å². The number of esters is 1. The molecular formula is C24H29ClN2O4. The van der Waals surface area contributed by atoms with Crippen LogP contribution in [-0.2, 0) is 11.3 Å². The maximum Gasteiger partial charge on any atom is 0.355 e. The Kier molecular flexibility index (Phi) is 8.22. The monoisotopic (exact) mass is 444 g/mol. The summed E-state index contributed by atoms with van der Waals surface area (Å²) in [5, 5.41) is 0.523. The Morgan fingerprint density at radius 3 is 2.32 bits per heavy atom. The molecule has 0 spiro atoms. The molecule has 2 aromatic rings. The molecule has 1 atom stereocenters. The number of halogens is 1. The van der Waals surface area contributed by atoms with E-state index in [2.05, 4.69) is 6.58 Å². The van der Waals surface area contributed by atoms with Gasteiger partial charge in [-0.05, 0) is 64.4 Å². The lowest BCUT2D eigenvalue weighted by Crippen LogP contribution is -2.43. The van der Waals surface area contributed by atoms with Gasteiger partial charge >= 0.3 is 5.97 Å². The molecule has 0 N–H and O–H groups in total. The molecule has 6 nitrogen and oxygen atoms in total. The average Bonchev–Trinajstić information content (AvgIpc) is 3.00. The van der Waals surface area contributed by atoms with Crippen LogP contribution in [0.5, 0.6) is 0 Å². The van der Waals surface area contributed by atoms with E-state index < -0.39 is 12.0 Å². The van der Waals surface area contributed by atoms with Gasteiger partial charge in [-0.2, -0.15) is 0 Å². The number of benzene rings is 1. The second-order valence-corrected chi connectivity index (χ2v) is 7.63. The fraction of sp³-hybridized carbons (Fsp3) is 0.375. The normalized spacial score (nSPS) is 11.7. The number of aromatic nitrogens is 1. The summed E-state index contributed by atoms with van der Waals surface area (Å²) in [7, 11) is 0. The summed E-state index contributed by atoms with van der Waals surface area (Å²) in [6.07, 6.45) is 1.58. The zero-order valence-corrected chi connectivity index (χ0v) is 19.5. The van der Waals surface area contributed by atoms with Crippen LogP contribution in [0.15, 0.2) is 36.9 Å². The molecule has 1 heterocycles. The van der Waals surface area contributed by atoms with Crippen LogP contribution in [0.4, 0.5) is 0 Å². The Morgan fingerprint density at radius 2 is 1.81 bits per heavy atom. The van der Waals surface area contributed by atoms with E-state index in [9.17, 15) is 14.4 Å². The average molecular weight is 445 g/mol. The van der Waals surface area contributed by atoms with Crippen molar-refractivity contribution in [3.05, 3.63) is 70.0 Å². The SMILES string of the molecule is C=CCN(C(=O)c1ccc(Cl)cc1)[C@H](C)C(=O)c1c(C)c(C(=O)OCC)n(CC)c1C. The molecule has 0 aliphatic carbocycles. The van der Waals surface area contributed by atoms with Crippen LogP contribution < -0.4 is 0 Å². The fourth-order valence-corrected chi connectivity index (χ4v) is 3.91. The first-order chi connectivity index (χ1) is 14.7. The molecule has 2 rings (SSSR count). The van der Waals surface area contributed by atoms with E-state index in [1.807, 2.05) is 6.92 Å². The van der Waals surface area contributed by atoms with Crippen molar-refractivity contribution in [1.82, 2.24) is 9.47 Å². The van der Waals surface area contributed by atoms with Crippen molar-refractivity contribution < 1.29 is 19.1 Å².